The first-order chi connectivity index (χ1) is 5.20. The van der Waals surface area contributed by atoms with Crippen LogP contribution in [-0.2, 0) is 4.74 Å². The fourth-order valence-electron chi connectivity index (χ4n) is 1.22. The largest absolute Gasteiger partial charge is 0.360 e. The Bertz CT molecular complexity index is 256. The van der Waals surface area contributed by atoms with Crippen molar-refractivity contribution in [1.82, 2.24) is 4.98 Å². The highest BCUT2D eigenvalue weighted by molar-refractivity contribution is 5.16. The van der Waals surface area contributed by atoms with Crippen molar-refractivity contribution in [3.8, 4) is 0 Å². The first kappa shape index (κ1) is 6.80. The van der Waals surface area contributed by atoms with Crippen LogP contribution in [-0.4, -0.2) is 10.6 Å². The highest BCUT2D eigenvalue weighted by Crippen LogP contribution is 2.47. The normalized spacial score (nSPS) is 26.5. The summed E-state index contributed by atoms with van der Waals surface area (Å²) < 4.78 is 5.43. The molecule has 1 saturated heterocycles. The van der Waals surface area contributed by atoms with Crippen molar-refractivity contribution in [2.24, 2.45) is 0 Å². The lowest BCUT2D eigenvalue weighted by Gasteiger charge is -1.94. The van der Waals surface area contributed by atoms with Crippen LogP contribution in [0.25, 0.3) is 0 Å². The Balaban J connectivity index is 2.21. The minimum Gasteiger partial charge on any atom is -0.360 e. The minimum atomic E-state index is 0.00829. The maximum atomic E-state index is 5.43. The van der Waals surface area contributed by atoms with Crippen molar-refractivity contribution in [2.75, 3.05) is 0 Å². The maximum Gasteiger partial charge on any atom is 0.129 e. The first-order valence-electron chi connectivity index (χ1n) is 3.79. The summed E-state index contributed by atoms with van der Waals surface area (Å²) in [7, 11) is 0. The Kier molecular flexibility index (Phi) is 1.26. The zero-order valence-electron chi connectivity index (χ0n) is 6.74. The molecule has 0 spiro atoms. The van der Waals surface area contributed by atoms with Crippen molar-refractivity contribution in [3.63, 3.8) is 0 Å². The lowest BCUT2D eigenvalue weighted by Crippen LogP contribution is -1.98. The van der Waals surface area contributed by atoms with E-state index in [1.165, 1.54) is 0 Å². The van der Waals surface area contributed by atoms with Crippen molar-refractivity contribution >= 4 is 0 Å². The van der Waals surface area contributed by atoms with Crippen LogP contribution in [0, 0.1) is 0 Å². The molecule has 58 valence electrons. The monoisotopic (exact) mass is 149 g/mol. The molecule has 0 saturated carbocycles. The van der Waals surface area contributed by atoms with Gasteiger partial charge in [-0.25, -0.2) is 0 Å². The Labute approximate surface area is 66.2 Å². The Hall–Kier alpha value is -0.890. The predicted octanol–water partition coefficient (Wildman–Crippen LogP) is 1.93. The zero-order valence-corrected chi connectivity index (χ0v) is 6.74. The molecule has 2 nitrogen and oxygen atoms in total. The fourth-order valence-corrected chi connectivity index (χ4v) is 1.22. The van der Waals surface area contributed by atoms with Crippen molar-refractivity contribution in [3.05, 3.63) is 30.1 Å². The van der Waals surface area contributed by atoms with Crippen LogP contribution >= 0.6 is 0 Å². The van der Waals surface area contributed by atoms with Crippen LogP contribution in [0.3, 0.4) is 0 Å². The summed E-state index contributed by atoms with van der Waals surface area (Å²) >= 11 is 0. The molecule has 0 bridgehead atoms. The molecule has 0 aliphatic carbocycles. The molecule has 1 aliphatic heterocycles. The van der Waals surface area contributed by atoms with E-state index in [-0.39, 0.29) is 11.7 Å². The summed E-state index contributed by atoms with van der Waals surface area (Å²) in [5.74, 6) is 0. The standard InChI is InChI=1S/C9H11NO/c1-9(2)8(11-9)7-5-3-4-6-10-7/h3-6,8H,1-2H3/t8-/m0/s1. The van der Waals surface area contributed by atoms with Crippen LogP contribution in [0.15, 0.2) is 24.4 Å². The molecule has 2 heterocycles. The number of hydrogen-bond donors (Lipinski definition) is 0. The summed E-state index contributed by atoms with van der Waals surface area (Å²) in [5.41, 5.74) is 1.05. The Morgan fingerprint density at radius 3 is 2.64 bits per heavy atom. The van der Waals surface area contributed by atoms with E-state index in [1.54, 1.807) is 6.20 Å². The quantitative estimate of drug-likeness (QED) is 0.570. The van der Waals surface area contributed by atoms with E-state index in [2.05, 4.69) is 18.8 Å². The van der Waals surface area contributed by atoms with E-state index in [4.69, 9.17) is 4.74 Å². The third-order valence-corrected chi connectivity index (χ3v) is 1.95. The molecule has 1 fully saturated rings. The number of aromatic nitrogens is 1. The lowest BCUT2D eigenvalue weighted by atomic mass is 10.1. The molecule has 0 aromatic carbocycles. The van der Waals surface area contributed by atoms with Gasteiger partial charge in [0.1, 0.15) is 6.10 Å². The number of pyridine rings is 1. The molecule has 1 aromatic heterocycles. The van der Waals surface area contributed by atoms with Gasteiger partial charge in [-0.05, 0) is 26.0 Å². The van der Waals surface area contributed by atoms with Crippen molar-refractivity contribution in [2.45, 2.75) is 25.6 Å². The molecule has 0 unspecified atom stereocenters. The van der Waals surface area contributed by atoms with Gasteiger partial charge in [-0.1, -0.05) is 6.07 Å². The van der Waals surface area contributed by atoms with Crippen LogP contribution < -0.4 is 0 Å². The van der Waals surface area contributed by atoms with Crippen LogP contribution in [0.4, 0.5) is 0 Å². The van der Waals surface area contributed by atoms with Gasteiger partial charge in [0.05, 0.1) is 11.3 Å². The second-order valence-corrected chi connectivity index (χ2v) is 3.36. The first-order valence-corrected chi connectivity index (χ1v) is 3.79. The summed E-state index contributed by atoms with van der Waals surface area (Å²) in [6.45, 7) is 4.15. The third kappa shape index (κ3) is 1.14. The van der Waals surface area contributed by atoms with E-state index in [1.807, 2.05) is 18.2 Å². The van der Waals surface area contributed by atoms with E-state index in [0.717, 1.165) is 5.69 Å². The second kappa shape index (κ2) is 2.05. The number of rotatable bonds is 1. The summed E-state index contributed by atoms with van der Waals surface area (Å²) in [5, 5.41) is 0. The second-order valence-electron chi connectivity index (χ2n) is 3.36. The van der Waals surface area contributed by atoms with Gasteiger partial charge in [-0.15, -0.1) is 0 Å². The lowest BCUT2D eigenvalue weighted by molar-refractivity contribution is 0.324. The molecular weight excluding hydrogens is 138 g/mol. The van der Waals surface area contributed by atoms with E-state index >= 15 is 0 Å². The Morgan fingerprint density at radius 1 is 1.45 bits per heavy atom. The van der Waals surface area contributed by atoms with E-state index in [9.17, 15) is 0 Å². The van der Waals surface area contributed by atoms with E-state index in [0.29, 0.717) is 0 Å². The summed E-state index contributed by atoms with van der Waals surface area (Å²) in [6.07, 6.45) is 2.01. The molecule has 0 amide bonds. The molecule has 1 aromatic rings. The van der Waals surface area contributed by atoms with Crippen LogP contribution in [0.2, 0.25) is 0 Å². The topological polar surface area (TPSA) is 25.4 Å². The van der Waals surface area contributed by atoms with Gasteiger partial charge in [0.25, 0.3) is 0 Å². The number of epoxide rings is 1. The van der Waals surface area contributed by atoms with Crippen LogP contribution in [0.5, 0.6) is 0 Å². The molecule has 1 aliphatic rings. The van der Waals surface area contributed by atoms with Gasteiger partial charge in [0.2, 0.25) is 0 Å². The summed E-state index contributed by atoms with van der Waals surface area (Å²) in [4.78, 5) is 4.21. The Morgan fingerprint density at radius 2 is 2.18 bits per heavy atom. The zero-order chi connectivity index (χ0) is 7.90. The van der Waals surface area contributed by atoms with Gasteiger partial charge in [-0.2, -0.15) is 0 Å². The van der Waals surface area contributed by atoms with Gasteiger partial charge in [0.15, 0.2) is 0 Å². The molecule has 2 rings (SSSR count). The number of ether oxygens (including phenoxy) is 1. The fraction of sp³-hybridized carbons (Fsp3) is 0.444. The molecule has 2 heteroatoms. The average Bonchev–Trinajstić information content (AvgIpc) is 2.62. The SMILES string of the molecule is CC1(C)O[C@H]1c1ccccn1. The van der Waals surface area contributed by atoms with Gasteiger partial charge >= 0.3 is 0 Å². The molecule has 11 heavy (non-hydrogen) atoms. The highest BCUT2D eigenvalue weighted by atomic mass is 16.6. The summed E-state index contributed by atoms with van der Waals surface area (Å²) in [6, 6.07) is 5.90. The smallest absolute Gasteiger partial charge is 0.129 e. The van der Waals surface area contributed by atoms with Gasteiger partial charge in [0, 0.05) is 6.20 Å². The highest BCUT2D eigenvalue weighted by Gasteiger charge is 2.49. The third-order valence-electron chi connectivity index (χ3n) is 1.95. The van der Waals surface area contributed by atoms with Crippen molar-refractivity contribution < 1.29 is 4.74 Å². The number of nitrogens with zero attached hydrogens (tertiary/aromatic N) is 1. The predicted molar refractivity (Wildman–Crippen MR) is 42.1 cm³/mol. The van der Waals surface area contributed by atoms with Gasteiger partial charge in [-0.3, -0.25) is 4.98 Å². The van der Waals surface area contributed by atoms with Crippen LogP contribution in [0.1, 0.15) is 25.6 Å². The number of hydrogen-bond acceptors (Lipinski definition) is 2. The minimum absolute atomic E-state index is 0.00829. The van der Waals surface area contributed by atoms with Gasteiger partial charge < -0.3 is 4.74 Å². The molecule has 0 N–H and O–H groups in total. The average molecular weight is 149 g/mol. The van der Waals surface area contributed by atoms with E-state index < -0.39 is 0 Å². The molecule has 1 atom stereocenters. The molecule has 0 radical (unpaired) electrons. The van der Waals surface area contributed by atoms with Crippen molar-refractivity contribution in [1.29, 1.82) is 0 Å². The molecular formula is C9H11NO. The maximum absolute atomic E-state index is 5.43.